The van der Waals surface area contributed by atoms with Gasteiger partial charge in [-0.05, 0) is 42.7 Å². The molecule has 2 amide bonds. The SMILES string of the molecule is O=C(Cc1ccccc1Cl)Nc1ccc(NC(=O)C2CCCO2)cc1C(F)(F)F. The molecule has 0 aliphatic carbocycles. The molecule has 5 nitrogen and oxygen atoms in total. The Morgan fingerprint density at radius 2 is 1.90 bits per heavy atom. The van der Waals surface area contributed by atoms with Gasteiger partial charge in [0.2, 0.25) is 5.91 Å². The number of hydrogen-bond acceptors (Lipinski definition) is 3. The number of carbonyl (C=O) groups is 2. The molecule has 2 aromatic rings. The molecule has 2 aromatic carbocycles. The predicted molar refractivity (Wildman–Crippen MR) is 103 cm³/mol. The molecule has 1 atom stereocenters. The van der Waals surface area contributed by atoms with E-state index < -0.39 is 35.3 Å². The summed E-state index contributed by atoms with van der Waals surface area (Å²) in [6.07, 6.45) is -4.32. The van der Waals surface area contributed by atoms with Crippen molar-refractivity contribution in [3.8, 4) is 0 Å². The number of carbonyl (C=O) groups excluding carboxylic acids is 2. The third kappa shape index (κ3) is 5.48. The van der Waals surface area contributed by atoms with E-state index in [0.717, 1.165) is 18.6 Å². The number of benzene rings is 2. The number of amides is 2. The van der Waals surface area contributed by atoms with Crippen molar-refractivity contribution in [2.24, 2.45) is 0 Å². The Kier molecular flexibility index (Phi) is 6.44. The number of halogens is 4. The van der Waals surface area contributed by atoms with E-state index in [1.54, 1.807) is 24.3 Å². The summed E-state index contributed by atoms with van der Waals surface area (Å²) in [5.74, 6) is -1.13. The van der Waals surface area contributed by atoms with Crippen LogP contribution in [0.5, 0.6) is 0 Å². The maximum Gasteiger partial charge on any atom is 0.418 e. The highest BCUT2D eigenvalue weighted by Crippen LogP contribution is 2.37. The smallest absolute Gasteiger partial charge is 0.368 e. The van der Waals surface area contributed by atoms with E-state index in [1.165, 1.54) is 6.07 Å². The van der Waals surface area contributed by atoms with Crippen molar-refractivity contribution in [1.82, 2.24) is 0 Å². The van der Waals surface area contributed by atoms with Gasteiger partial charge >= 0.3 is 6.18 Å². The van der Waals surface area contributed by atoms with Crippen LogP contribution in [0.25, 0.3) is 0 Å². The van der Waals surface area contributed by atoms with Crippen LogP contribution < -0.4 is 10.6 Å². The third-order valence-electron chi connectivity index (χ3n) is 4.40. The minimum absolute atomic E-state index is 0.0260. The van der Waals surface area contributed by atoms with Crippen molar-refractivity contribution >= 4 is 34.8 Å². The van der Waals surface area contributed by atoms with Gasteiger partial charge in [0.1, 0.15) is 6.10 Å². The third-order valence-corrected chi connectivity index (χ3v) is 4.77. The molecule has 0 saturated carbocycles. The van der Waals surface area contributed by atoms with Crippen LogP contribution in [0.3, 0.4) is 0 Å². The average Bonchev–Trinajstić information content (AvgIpc) is 3.19. The minimum atomic E-state index is -4.72. The van der Waals surface area contributed by atoms with Crippen LogP contribution in [-0.2, 0) is 26.9 Å². The molecule has 3 rings (SSSR count). The van der Waals surface area contributed by atoms with Gasteiger partial charge in [-0.3, -0.25) is 9.59 Å². The summed E-state index contributed by atoms with van der Waals surface area (Å²) in [4.78, 5) is 24.3. The Bertz CT molecular complexity index is 912. The van der Waals surface area contributed by atoms with Gasteiger partial charge in [0.15, 0.2) is 0 Å². The molecule has 29 heavy (non-hydrogen) atoms. The van der Waals surface area contributed by atoms with Crippen LogP contribution >= 0.6 is 11.6 Å². The van der Waals surface area contributed by atoms with E-state index in [9.17, 15) is 22.8 Å². The molecular formula is C20H18ClF3N2O3. The van der Waals surface area contributed by atoms with E-state index in [4.69, 9.17) is 16.3 Å². The van der Waals surface area contributed by atoms with E-state index in [1.807, 2.05) is 0 Å². The summed E-state index contributed by atoms with van der Waals surface area (Å²) in [5, 5.41) is 5.06. The van der Waals surface area contributed by atoms with Crippen LogP contribution in [0.1, 0.15) is 24.0 Å². The Balaban J connectivity index is 1.76. The molecule has 9 heteroatoms. The van der Waals surface area contributed by atoms with Crippen molar-refractivity contribution in [2.75, 3.05) is 17.2 Å². The second-order valence-corrected chi connectivity index (χ2v) is 6.97. The first-order chi connectivity index (χ1) is 13.7. The lowest BCUT2D eigenvalue weighted by atomic mass is 10.1. The lowest BCUT2D eigenvalue weighted by Gasteiger charge is -2.17. The van der Waals surface area contributed by atoms with Gasteiger partial charge in [-0.2, -0.15) is 13.2 Å². The Morgan fingerprint density at radius 3 is 2.55 bits per heavy atom. The topological polar surface area (TPSA) is 67.4 Å². The molecule has 0 bridgehead atoms. The monoisotopic (exact) mass is 426 g/mol. The minimum Gasteiger partial charge on any atom is -0.368 e. The molecule has 154 valence electrons. The number of anilines is 2. The van der Waals surface area contributed by atoms with Crippen molar-refractivity contribution in [3.63, 3.8) is 0 Å². The van der Waals surface area contributed by atoms with Crippen molar-refractivity contribution in [3.05, 3.63) is 58.6 Å². The molecule has 0 spiro atoms. The summed E-state index contributed by atoms with van der Waals surface area (Å²) in [6.45, 7) is 0.447. The number of rotatable bonds is 5. The molecule has 2 N–H and O–H groups in total. The van der Waals surface area contributed by atoms with Gasteiger partial charge in [0.25, 0.3) is 5.91 Å². The molecule has 1 fully saturated rings. The average molecular weight is 427 g/mol. The first kappa shape index (κ1) is 21.1. The molecule has 0 aromatic heterocycles. The zero-order valence-electron chi connectivity index (χ0n) is 15.2. The molecule has 1 heterocycles. The largest absolute Gasteiger partial charge is 0.418 e. The van der Waals surface area contributed by atoms with Gasteiger partial charge in [-0.25, -0.2) is 0 Å². The van der Waals surface area contributed by atoms with E-state index >= 15 is 0 Å². The second kappa shape index (κ2) is 8.84. The number of nitrogens with one attached hydrogen (secondary N) is 2. The van der Waals surface area contributed by atoms with E-state index in [0.29, 0.717) is 23.6 Å². The maximum atomic E-state index is 13.5. The lowest BCUT2D eigenvalue weighted by molar-refractivity contribution is -0.137. The van der Waals surface area contributed by atoms with Gasteiger partial charge in [0, 0.05) is 17.3 Å². The number of alkyl halides is 3. The molecule has 1 aliphatic rings. The first-order valence-electron chi connectivity index (χ1n) is 8.91. The zero-order chi connectivity index (χ0) is 21.0. The number of ether oxygens (including phenoxy) is 1. The van der Waals surface area contributed by atoms with Gasteiger partial charge in [-0.15, -0.1) is 0 Å². The van der Waals surface area contributed by atoms with Gasteiger partial charge in [0.05, 0.1) is 17.7 Å². The van der Waals surface area contributed by atoms with Crippen molar-refractivity contribution in [2.45, 2.75) is 31.5 Å². The quantitative estimate of drug-likeness (QED) is 0.730. The number of hydrogen-bond donors (Lipinski definition) is 2. The Hall–Kier alpha value is -2.58. The fraction of sp³-hybridized carbons (Fsp3) is 0.300. The van der Waals surface area contributed by atoms with Crippen LogP contribution in [0.2, 0.25) is 5.02 Å². The lowest BCUT2D eigenvalue weighted by Crippen LogP contribution is -2.27. The van der Waals surface area contributed by atoms with E-state index in [-0.39, 0.29) is 12.1 Å². The summed E-state index contributed by atoms with van der Waals surface area (Å²) in [5.41, 5.74) is -0.984. The Morgan fingerprint density at radius 1 is 1.14 bits per heavy atom. The first-order valence-corrected chi connectivity index (χ1v) is 9.29. The summed E-state index contributed by atoms with van der Waals surface area (Å²) < 4.78 is 45.7. The standard InChI is InChI=1S/C20H18ClF3N2O3/c21-15-5-2-1-4-12(15)10-18(27)26-16-8-7-13(11-14(16)20(22,23)24)25-19(28)17-6-3-9-29-17/h1-2,4-5,7-8,11,17H,3,6,9-10H2,(H,25,28)(H,26,27). The van der Waals surface area contributed by atoms with E-state index in [2.05, 4.69) is 10.6 Å². The van der Waals surface area contributed by atoms with Crippen LogP contribution in [-0.4, -0.2) is 24.5 Å². The van der Waals surface area contributed by atoms with Crippen LogP contribution in [0, 0.1) is 0 Å². The molecular weight excluding hydrogens is 409 g/mol. The highest BCUT2D eigenvalue weighted by Gasteiger charge is 2.35. The van der Waals surface area contributed by atoms with Crippen LogP contribution in [0.4, 0.5) is 24.5 Å². The maximum absolute atomic E-state index is 13.5. The molecule has 0 radical (unpaired) electrons. The highest BCUT2D eigenvalue weighted by atomic mass is 35.5. The van der Waals surface area contributed by atoms with Gasteiger partial charge in [-0.1, -0.05) is 29.8 Å². The highest BCUT2D eigenvalue weighted by molar-refractivity contribution is 6.31. The van der Waals surface area contributed by atoms with Crippen molar-refractivity contribution in [1.29, 1.82) is 0 Å². The summed E-state index contributed by atoms with van der Waals surface area (Å²) >= 11 is 5.99. The molecule has 1 aliphatic heterocycles. The fourth-order valence-corrected chi connectivity index (χ4v) is 3.18. The fourth-order valence-electron chi connectivity index (χ4n) is 2.98. The molecule has 1 unspecified atom stereocenters. The van der Waals surface area contributed by atoms with Crippen LogP contribution in [0.15, 0.2) is 42.5 Å². The Labute approximate surface area is 170 Å². The van der Waals surface area contributed by atoms with Crippen molar-refractivity contribution < 1.29 is 27.5 Å². The summed E-state index contributed by atoms with van der Waals surface area (Å²) in [6, 6.07) is 9.78. The van der Waals surface area contributed by atoms with Gasteiger partial charge < -0.3 is 15.4 Å². The zero-order valence-corrected chi connectivity index (χ0v) is 15.9. The second-order valence-electron chi connectivity index (χ2n) is 6.57. The normalized spacial score (nSPS) is 16.5. The predicted octanol–water partition coefficient (Wildman–Crippen LogP) is 4.66. The summed E-state index contributed by atoms with van der Waals surface area (Å²) in [7, 11) is 0. The molecule has 1 saturated heterocycles.